The molecule has 7 heteroatoms. The van der Waals surface area contributed by atoms with Crippen molar-refractivity contribution < 1.29 is 30.0 Å². The van der Waals surface area contributed by atoms with Gasteiger partial charge in [-0.25, -0.2) is 0 Å². The van der Waals surface area contributed by atoms with Crippen molar-refractivity contribution in [1.29, 1.82) is 0 Å². The minimum atomic E-state index is -0.125. The third kappa shape index (κ3) is 8.50. The van der Waals surface area contributed by atoms with Gasteiger partial charge in [-0.1, -0.05) is 97.8 Å². The van der Waals surface area contributed by atoms with E-state index in [0.717, 1.165) is 57.1 Å². The van der Waals surface area contributed by atoms with Crippen LogP contribution >= 0.6 is 0 Å². The van der Waals surface area contributed by atoms with E-state index in [9.17, 15) is 4.79 Å². The molecule has 0 saturated heterocycles. The number of fused-ring (bicyclic) bond motifs is 12. The van der Waals surface area contributed by atoms with Crippen LogP contribution in [0.2, 0.25) is 0 Å². The number of carbonyl (C=O) groups is 1. The third-order valence-electron chi connectivity index (χ3n) is 8.42. The van der Waals surface area contributed by atoms with E-state index >= 15 is 0 Å². The molecule has 0 bridgehead atoms. The molecule has 2 aromatic heterocycles. The van der Waals surface area contributed by atoms with Crippen molar-refractivity contribution >= 4 is 70.9 Å². The molecule has 8 rings (SSSR count). The van der Waals surface area contributed by atoms with E-state index < -0.39 is 0 Å². The number of allylic oxidation sites excluding steroid dienone is 2. The van der Waals surface area contributed by atoms with Crippen molar-refractivity contribution in [2.45, 2.75) is 54.4 Å². The first kappa shape index (κ1) is 38.1. The molecule has 1 N–H and O–H groups in total. The molecule has 6 aromatic carbocycles. The van der Waals surface area contributed by atoms with Crippen molar-refractivity contribution in [3.8, 4) is 0 Å². The van der Waals surface area contributed by atoms with Gasteiger partial charge < -0.3 is 15.1 Å². The summed E-state index contributed by atoms with van der Waals surface area (Å²) in [6.07, 6.45) is 6.90. The third-order valence-corrected chi connectivity index (χ3v) is 8.42. The van der Waals surface area contributed by atoms with Crippen LogP contribution in [0.5, 0.6) is 0 Å². The topological polar surface area (TPSA) is 88.9 Å². The molecule has 52 heavy (non-hydrogen) atoms. The number of carbonyl (C=O) groups excluding carboxylic acids is 1. The van der Waals surface area contributed by atoms with Gasteiger partial charge in [0.25, 0.3) is 0 Å². The number of hydrogen-bond donors (Lipinski definition) is 1. The Kier molecular flexibility index (Phi) is 12.4. The Morgan fingerprint density at radius 2 is 1.00 bits per heavy atom. The minimum absolute atomic E-state index is 0. The second-order valence-corrected chi connectivity index (χ2v) is 13.7. The van der Waals surface area contributed by atoms with Crippen LogP contribution in [-0.2, 0) is 37.7 Å². The van der Waals surface area contributed by atoms with Crippen LogP contribution in [0.3, 0.4) is 0 Å². The van der Waals surface area contributed by atoms with E-state index in [1.54, 1.807) is 0 Å². The van der Waals surface area contributed by atoms with Crippen molar-refractivity contribution in [2.24, 2.45) is 11.8 Å². The second-order valence-electron chi connectivity index (χ2n) is 13.7. The number of aliphatic hydroxyl groups excluding tert-OH is 1. The molecule has 6 nitrogen and oxygen atoms in total. The number of benzene rings is 6. The van der Waals surface area contributed by atoms with Gasteiger partial charge in [-0.2, -0.15) is 0 Å². The van der Waals surface area contributed by atoms with E-state index in [4.69, 9.17) is 25.0 Å². The summed E-state index contributed by atoms with van der Waals surface area (Å²) in [6, 6.07) is 35.8. The van der Waals surface area contributed by atoms with Gasteiger partial charge >= 0.3 is 0 Å². The Bertz CT molecular complexity index is 2320. The summed E-state index contributed by atoms with van der Waals surface area (Å²) >= 11 is 0. The zero-order valence-corrected chi connectivity index (χ0v) is 32.8. The zero-order chi connectivity index (χ0) is 36.1. The molecule has 0 atom stereocenters. The van der Waals surface area contributed by atoms with Gasteiger partial charge in [0.15, 0.2) is 5.78 Å². The smallest absolute Gasteiger partial charge is 0.155 e. The number of rotatable bonds is 5. The first-order chi connectivity index (χ1) is 24.6. The van der Waals surface area contributed by atoms with E-state index in [0.29, 0.717) is 11.8 Å². The molecule has 0 unspecified atom stereocenters. The van der Waals surface area contributed by atoms with Crippen LogP contribution < -0.4 is 0 Å². The first-order valence-electron chi connectivity index (χ1n) is 17.4. The van der Waals surface area contributed by atoms with E-state index in [1.165, 1.54) is 52.2 Å². The van der Waals surface area contributed by atoms with Gasteiger partial charge in [-0.3, -0.25) is 14.8 Å². The molecule has 265 valence electrons. The van der Waals surface area contributed by atoms with E-state index in [2.05, 4.69) is 100 Å². The van der Waals surface area contributed by atoms with Gasteiger partial charge in [-0.15, -0.1) is 59.3 Å². The van der Waals surface area contributed by atoms with Crippen molar-refractivity contribution in [3.05, 3.63) is 133 Å². The molecule has 0 amide bonds. The molecular weight excluding hydrogens is 821 g/mol. The van der Waals surface area contributed by atoms with Gasteiger partial charge in [0.2, 0.25) is 0 Å². The molecule has 0 fully saturated rings. The Balaban J connectivity index is 0.000000168. The maximum Gasteiger partial charge on any atom is 0.155 e. The van der Waals surface area contributed by atoms with Crippen LogP contribution in [-0.4, -0.2) is 30.8 Å². The van der Waals surface area contributed by atoms with Crippen molar-refractivity contribution in [3.63, 3.8) is 0 Å². The number of aliphatic hydroxyl groups is 1. The second kappa shape index (κ2) is 16.9. The Morgan fingerprint density at radius 3 is 1.35 bits per heavy atom. The first-order valence-corrected chi connectivity index (χ1v) is 17.4. The summed E-state index contributed by atoms with van der Waals surface area (Å²) in [5.74, 6) is 1.09. The van der Waals surface area contributed by atoms with Crippen molar-refractivity contribution in [2.75, 3.05) is 0 Å². The van der Waals surface area contributed by atoms with Gasteiger partial charge in [0, 0.05) is 49.6 Å². The van der Waals surface area contributed by atoms with Gasteiger partial charge in [0.1, 0.15) is 0 Å². The fourth-order valence-electron chi connectivity index (χ4n) is 6.48. The number of hydrogen-bond acceptors (Lipinski definition) is 6. The average Bonchev–Trinajstić information content (AvgIpc) is 3.11. The predicted molar refractivity (Wildman–Crippen MR) is 211 cm³/mol. The molecule has 0 aliphatic heterocycles. The molecule has 8 aromatic rings. The molecule has 0 spiro atoms. The Morgan fingerprint density at radius 1 is 0.615 bits per heavy atom. The fraction of sp³-hybridized carbons (Fsp3) is 0.222. The van der Waals surface area contributed by atoms with Crippen molar-refractivity contribution in [1.82, 2.24) is 19.9 Å². The van der Waals surface area contributed by atoms with Gasteiger partial charge in [0.05, 0.1) is 28.2 Å². The molecule has 0 aliphatic rings. The zero-order valence-electron chi connectivity index (χ0n) is 30.4. The summed E-state index contributed by atoms with van der Waals surface area (Å²) < 4.78 is 0. The van der Waals surface area contributed by atoms with Crippen LogP contribution in [0.4, 0.5) is 0 Å². The maximum atomic E-state index is 10.0. The summed E-state index contributed by atoms with van der Waals surface area (Å²) in [6.45, 7) is 11.7. The van der Waals surface area contributed by atoms with Gasteiger partial charge in [-0.05, 0) is 49.3 Å². The van der Waals surface area contributed by atoms with Crippen LogP contribution in [0, 0.1) is 24.0 Å². The molecule has 1 radical (unpaired) electrons. The SMILES string of the molecule is CC(=O)/C=C(/C)O.CC(C)Cc1cnc2c3[c-]cccc3c3ccccc3c2n1.CC(C)Cc1cnc2c3[c-]cccc3c3ccccc3c2n1.[Ir]. The Labute approximate surface area is 318 Å². The predicted octanol–water partition coefficient (Wildman–Crippen LogP) is 10.9. The molecule has 0 aliphatic carbocycles. The van der Waals surface area contributed by atoms with E-state index in [-0.39, 0.29) is 31.6 Å². The number of aromatic nitrogens is 4. The monoisotopic (exact) mass is 863 g/mol. The minimum Gasteiger partial charge on any atom is -0.512 e. The average molecular weight is 863 g/mol. The molecule has 0 saturated carbocycles. The number of nitrogens with zero attached hydrogens (tertiary/aromatic N) is 4. The quantitative estimate of drug-likeness (QED) is 0.0802. The Hall–Kier alpha value is -5.10. The largest absolute Gasteiger partial charge is 0.512 e. The molecule has 2 heterocycles. The normalized spacial score (nSPS) is 11.5. The fourth-order valence-corrected chi connectivity index (χ4v) is 6.48. The summed E-state index contributed by atoms with van der Waals surface area (Å²) in [4.78, 5) is 29.3. The summed E-state index contributed by atoms with van der Waals surface area (Å²) in [5, 5.41) is 17.6. The van der Waals surface area contributed by atoms with Crippen LogP contribution in [0.1, 0.15) is 52.9 Å². The van der Waals surface area contributed by atoms with Crippen LogP contribution in [0.15, 0.2) is 109 Å². The summed E-state index contributed by atoms with van der Waals surface area (Å²) in [7, 11) is 0. The summed E-state index contributed by atoms with van der Waals surface area (Å²) in [5.41, 5.74) is 5.99. The maximum absolute atomic E-state index is 10.0. The van der Waals surface area contributed by atoms with Crippen LogP contribution in [0.25, 0.3) is 65.2 Å². The van der Waals surface area contributed by atoms with E-state index in [1.807, 2.05) is 36.7 Å². The molecular formula is C45H42IrN4O2-2. The standard InChI is InChI=1S/2C20H17N2.C5H8O2.Ir/c2*1-13(2)11-14-12-21-19-17-9-5-3-7-15(17)16-8-4-6-10-18(16)20(19)22-14;1-4(6)3-5(2)7;/h2*3-8,10,12-13H,11H2,1-2H3;3,6H,1-2H3;/q2*-1;;/b;;4-3-;. The number of ketones is 1.